The number of ether oxygens (including phenoxy) is 2. The highest BCUT2D eigenvalue weighted by atomic mass is 16.6. The lowest BCUT2D eigenvalue weighted by Crippen LogP contribution is -2.39. The fourth-order valence-electron chi connectivity index (χ4n) is 4.25. The van der Waals surface area contributed by atoms with Gasteiger partial charge in [0.05, 0.1) is 12.7 Å². The number of benzene rings is 1. The highest BCUT2D eigenvalue weighted by Crippen LogP contribution is 2.48. The molecule has 1 aliphatic heterocycles. The number of phenolic OH excluding ortho intramolecular Hbond substituents is 1. The molecule has 1 heterocycles. The Morgan fingerprint density at radius 1 is 1.23 bits per heavy atom. The average Bonchev–Trinajstić information content (AvgIpc) is 2.58. The Kier molecular flexibility index (Phi) is 5.48. The van der Waals surface area contributed by atoms with Crippen molar-refractivity contribution >= 4 is 11.8 Å². The topological polar surface area (TPSA) is 84.9 Å². The summed E-state index contributed by atoms with van der Waals surface area (Å²) in [5.41, 5.74) is 2.38. The lowest BCUT2D eigenvalue weighted by atomic mass is 9.68. The van der Waals surface area contributed by atoms with Crippen molar-refractivity contribution in [2.24, 2.45) is 5.41 Å². The number of allylic oxidation sites excluding steroid dienone is 3. The average molecular weight is 414 g/mol. The van der Waals surface area contributed by atoms with Crippen LogP contribution in [-0.4, -0.2) is 29.6 Å². The van der Waals surface area contributed by atoms with Gasteiger partial charge in [-0.1, -0.05) is 19.9 Å². The van der Waals surface area contributed by atoms with E-state index >= 15 is 0 Å². The molecule has 2 aliphatic rings. The van der Waals surface area contributed by atoms with Crippen molar-refractivity contribution in [3.8, 4) is 11.5 Å². The number of esters is 1. The summed E-state index contributed by atoms with van der Waals surface area (Å²) in [6, 6.07) is 4.93. The molecule has 6 heteroatoms. The Labute approximate surface area is 178 Å². The zero-order chi connectivity index (χ0) is 22.4. The molecule has 0 bridgehead atoms. The van der Waals surface area contributed by atoms with Gasteiger partial charge in [-0.2, -0.15) is 0 Å². The first-order chi connectivity index (χ1) is 13.8. The summed E-state index contributed by atoms with van der Waals surface area (Å²) in [6.45, 7) is 11.4. The maximum Gasteiger partial charge on any atom is 0.337 e. The van der Waals surface area contributed by atoms with Gasteiger partial charge in [0.25, 0.3) is 0 Å². The maximum absolute atomic E-state index is 13.3. The molecule has 1 aliphatic carbocycles. The highest BCUT2D eigenvalue weighted by molar-refractivity contribution is 6.04. The van der Waals surface area contributed by atoms with E-state index in [1.807, 2.05) is 27.7 Å². The van der Waals surface area contributed by atoms with E-state index in [2.05, 4.69) is 19.2 Å². The summed E-state index contributed by atoms with van der Waals surface area (Å²) in [5, 5.41) is 13.4. The van der Waals surface area contributed by atoms with Crippen molar-refractivity contribution in [2.75, 3.05) is 7.11 Å². The molecule has 0 spiro atoms. The van der Waals surface area contributed by atoms with Gasteiger partial charge >= 0.3 is 5.97 Å². The predicted octanol–water partition coefficient (Wildman–Crippen LogP) is 4.35. The summed E-state index contributed by atoms with van der Waals surface area (Å²) in [4.78, 5) is 26.5. The van der Waals surface area contributed by atoms with Crippen LogP contribution in [0.5, 0.6) is 11.5 Å². The van der Waals surface area contributed by atoms with Gasteiger partial charge in [0.15, 0.2) is 17.3 Å². The van der Waals surface area contributed by atoms with Crippen LogP contribution in [0.4, 0.5) is 0 Å². The number of aromatic hydroxyl groups is 1. The second-order valence-electron chi connectivity index (χ2n) is 9.86. The molecule has 0 radical (unpaired) electrons. The van der Waals surface area contributed by atoms with Crippen molar-refractivity contribution in [3.63, 3.8) is 0 Å². The van der Waals surface area contributed by atoms with E-state index in [4.69, 9.17) is 9.47 Å². The zero-order valence-corrected chi connectivity index (χ0v) is 18.8. The maximum atomic E-state index is 13.3. The number of dihydropyridines is 1. The summed E-state index contributed by atoms with van der Waals surface area (Å²) >= 11 is 0. The molecule has 2 N–H and O–H groups in total. The Bertz CT molecular complexity index is 962. The second-order valence-corrected chi connectivity index (χ2v) is 9.86. The van der Waals surface area contributed by atoms with Crippen molar-refractivity contribution in [1.82, 2.24) is 5.32 Å². The monoisotopic (exact) mass is 413 g/mol. The fourth-order valence-corrected chi connectivity index (χ4v) is 4.25. The lowest BCUT2D eigenvalue weighted by Gasteiger charge is -2.40. The third kappa shape index (κ3) is 4.23. The molecular weight excluding hydrogens is 382 g/mol. The molecule has 3 rings (SSSR count). The quantitative estimate of drug-likeness (QED) is 0.717. The summed E-state index contributed by atoms with van der Waals surface area (Å²) in [6.07, 6.45) is 1.11. The second kappa shape index (κ2) is 7.49. The smallest absolute Gasteiger partial charge is 0.337 e. The van der Waals surface area contributed by atoms with Crippen LogP contribution in [0, 0.1) is 5.41 Å². The largest absolute Gasteiger partial charge is 0.504 e. The first-order valence-corrected chi connectivity index (χ1v) is 10.2. The van der Waals surface area contributed by atoms with Crippen LogP contribution in [-0.2, 0) is 14.3 Å². The number of nitrogens with one attached hydrogen (secondary N) is 1. The van der Waals surface area contributed by atoms with Crippen LogP contribution >= 0.6 is 0 Å². The molecule has 1 atom stereocenters. The molecule has 162 valence electrons. The SMILES string of the molecule is COc1cc(C2C(C(=O)OC(C)(C)C)=C(C)NC3=C2C(=O)CC(C)(C)C3)ccc1O. The van der Waals surface area contributed by atoms with Crippen LogP contribution in [0.25, 0.3) is 0 Å². The van der Waals surface area contributed by atoms with E-state index in [0.717, 1.165) is 5.70 Å². The molecule has 0 amide bonds. The van der Waals surface area contributed by atoms with Gasteiger partial charge in [-0.25, -0.2) is 4.79 Å². The molecule has 1 unspecified atom stereocenters. The Morgan fingerprint density at radius 2 is 1.90 bits per heavy atom. The van der Waals surface area contributed by atoms with Crippen molar-refractivity contribution in [3.05, 3.63) is 46.3 Å². The number of hydrogen-bond donors (Lipinski definition) is 2. The summed E-state index contributed by atoms with van der Waals surface area (Å²) in [7, 11) is 1.47. The van der Waals surface area contributed by atoms with Crippen molar-refractivity contribution < 1.29 is 24.2 Å². The Balaban J connectivity index is 2.20. The molecule has 1 aromatic carbocycles. The minimum Gasteiger partial charge on any atom is -0.504 e. The van der Waals surface area contributed by atoms with E-state index < -0.39 is 17.5 Å². The molecular formula is C24H31NO5. The third-order valence-electron chi connectivity index (χ3n) is 5.40. The van der Waals surface area contributed by atoms with Gasteiger partial charge in [0.1, 0.15) is 5.60 Å². The Hall–Kier alpha value is -2.76. The number of ketones is 1. The van der Waals surface area contributed by atoms with Crippen LogP contribution in [0.2, 0.25) is 0 Å². The van der Waals surface area contributed by atoms with Gasteiger partial charge < -0.3 is 19.9 Å². The van der Waals surface area contributed by atoms with E-state index in [0.29, 0.717) is 35.2 Å². The number of carbonyl (C=O) groups is 2. The number of Topliss-reactive ketones (excluding diaryl/α,β-unsaturated/α-hetero) is 1. The zero-order valence-electron chi connectivity index (χ0n) is 18.8. The minimum atomic E-state index is -0.672. The number of carbonyl (C=O) groups excluding carboxylic acids is 2. The fraction of sp³-hybridized carbons (Fsp3) is 0.500. The number of methoxy groups -OCH3 is 1. The first-order valence-electron chi connectivity index (χ1n) is 10.2. The normalized spacial score (nSPS) is 21.2. The van der Waals surface area contributed by atoms with Gasteiger partial charge in [0.2, 0.25) is 0 Å². The Morgan fingerprint density at radius 3 is 2.50 bits per heavy atom. The standard InChI is InChI=1S/C24H31NO5/c1-13-19(22(28)30-23(2,3)4)20(14-8-9-16(26)18(10-14)29-7)21-15(25-13)11-24(5,6)12-17(21)27/h8-10,20,25-26H,11-12H2,1-7H3. The molecule has 0 aromatic heterocycles. The van der Waals surface area contributed by atoms with E-state index in [1.54, 1.807) is 12.1 Å². The van der Waals surface area contributed by atoms with Crippen LogP contribution in [0.1, 0.15) is 65.9 Å². The van der Waals surface area contributed by atoms with Gasteiger partial charge in [-0.15, -0.1) is 0 Å². The van der Waals surface area contributed by atoms with E-state index in [1.165, 1.54) is 13.2 Å². The van der Waals surface area contributed by atoms with Crippen LogP contribution < -0.4 is 10.1 Å². The molecule has 30 heavy (non-hydrogen) atoms. The van der Waals surface area contributed by atoms with E-state index in [-0.39, 0.29) is 22.7 Å². The molecule has 1 aromatic rings. The van der Waals surface area contributed by atoms with Crippen molar-refractivity contribution in [2.45, 2.75) is 65.9 Å². The predicted molar refractivity (Wildman–Crippen MR) is 114 cm³/mol. The lowest BCUT2D eigenvalue weighted by molar-refractivity contribution is -0.150. The summed E-state index contributed by atoms with van der Waals surface area (Å²) < 4.78 is 11.0. The summed E-state index contributed by atoms with van der Waals surface area (Å²) in [5.74, 6) is -0.750. The van der Waals surface area contributed by atoms with Crippen molar-refractivity contribution in [1.29, 1.82) is 0 Å². The number of hydrogen-bond acceptors (Lipinski definition) is 6. The highest BCUT2D eigenvalue weighted by Gasteiger charge is 2.43. The molecule has 6 nitrogen and oxygen atoms in total. The van der Waals surface area contributed by atoms with Crippen LogP contribution in [0.15, 0.2) is 40.7 Å². The van der Waals surface area contributed by atoms with Gasteiger partial charge in [0, 0.05) is 29.3 Å². The first kappa shape index (κ1) is 21.9. The van der Waals surface area contributed by atoms with E-state index in [9.17, 15) is 14.7 Å². The van der Waals surface area contributed by atoms with Gasteiger partial charge in [-0.3, -0.25) is 4.79 Å². The molecule has 0 saturated heterocycles. The molecule has 0 saturated carbocycles. The van der Waals surface area contributed by atoms with Crippen LogP contribution in [0.3, 0.4) is 0 Å². The minimum absolute atomic E-state index is 0.0000103. The van der Waals surface area contributed by atoms with Gasteiger partial charge in [-0.05, 0) is 57.2 Å². The number of phenols is 1. The molecule has 0 fully saturated rings. The third-order valence-corrected chi connectivity index (χ3v) is 5.40. The number of rotatable bonds is 3.